The van der Waals surface area contributed by atoms with Crippen LogP contribution in [-0.4, -0.2) is 14.5 Å². The zero-order valence-corrected chi connectivity index (χ0v) is 18.8. The average molecular weight is 481 g/mol. The summed E-state index contributed by atoms with van der Waals surface area (Å²) >= 11 is 0. The Morgan fingerprint density at radius 3 is 2.28 bits per heavy atom. The molecule has 0 N–H and O–H groups in total. The van der Waals surface area contributed by atoms with E-state index in [1.54, 1.807) is 24.4 Å². The Morgan fingerprint density at radius 2 is 1.44 bits per heavy atom. The van der Waals surface area contributed by atoms with E-state index in [4.69, 9.17) is 4.74 Å². The summed E-state index contributed by atoms with van der Waals surface area (Å²) in [6.07, 6.45) is -1.61. The summed E-state index contributed by atoms with van der Waals surface area (Å²) in [5.41, 5.74) is 3.04. The minimum absolute atomic E-state index is 0.118. The van der Waals surface area contributed by atoms with Crippen molar-refractivity contribution in [3.63, 3.8) is 0 Å². The second-order valence-corrected chi connectivity index (χ2v) is 8.28. The van der Waals surface area contributed by atoms with Gasteiger partial charge in [-0.05, 0) is 53.6 Å². The maximum absolute atomic E-state index is 13.1. The van der Waals surface area contributed by atoms with E-state index in [-0.39, 0.29) is 5.88 Å². The fraction of sp³-hybridized carbons (Fsp3) is 0.0345. The number of nitrogens with zero attached hydrogens (tertiary/aromatic N) is 3. The van der Waals surface area contributed by atoms with Crippen LogP contribution in [0.4, 0.5) is 13.2 Å². The Labute approximate surface area is 204 Å². The van der Waals surface area contributed by atoms with Gasteiger partial charge in [0.15, 0.2) is 0 Å². The van der Waals surface area contributed by atoms with Gasteiger partial charge >= 0.3 is 6.18 Å². The van der Waals surface area contributed by atoms with E-state index in [9.17, 15) is 13.2 Å². The number of alkyl halides is 3. The van der Waals surface area contributed by atoms with Crippen molar-refractivity contribution in [3.05, 3.63) is 115 Å². The van der Waals surface area contributed by atoms with Crippen LogP contribution in [0.2, 0.25) is 0 Å². The number of pyridine rings is 2. The van der Waals surface area contributed by atoms with Gasteiger partial charge in [-0.15, -0.1) is 0 Å². The molecule has 0 fully saturated rings. The van der Waals surface area contributed by atoms with Crippen LogP contribution in [0.5, 0.6) is 11.6 Å². The molecule has 0 aliphatic heterocycles. The van der Waals surface area contributed by atoms with Crippen LogP contribution in [0.15, 0.2) is 109 Å². The molecule has 0 spiro atoms. The summed E-state index contributed by atoms with van der Waals surface area (Å²) in [6, 6.07) is 29.2. The lowest BCUT2D eigenvalue weighted by Gasteiger charge is -2.11. The molecule has 3 heterocycles. The zero-order valence-electron chi connectivity index (χ0n) is 18.8. The van der Waals surface area contributed by atoms with Gasteiger partial charge in [-0.25, -0.2) is 9.97 Å². The Morgan fingerprint density at radius 1 is 0.639 bits per heavy atom. The topological polar surface area (TPSA) is 39.9 Å². The number of rotatable bonds is 4. The van der Waals surface area contributed by atoms with E-state index in [1.165, 1.54) is 0 Å². The third kappa shape index (κ3) is 3.94. The van der Waals surface area contributed by atoms with E-state index in [2.05, 4.69) is 38.8 Å². The highest BCUT2D eigenvalue weighted by Gasteiger charge is 2.31. The fourth-order valence-corrected chi connectivity index (χ4v) is 4.38. The van der Waals surface area contributed by atoms with Gasteiger partial charge in [0.1, 0.15) is 11.6 Å². The number of halogens is 3. The molecule has 0 aliphatic carbocycles. The van der Waals surface area contributed by atoms with Gasteiger partial charge in [0, 0.05) is 29.2 Å². The minimum atomic E-state index is -4.47. The molecule has 0 bridgehead atoms. The molecule has 36 heavy (non-hydrogen) atoms. The van der Waals surface area contributed by atoms with Gasteiger partial charge in [0.25, 0.3) is 0 Å². The summed E-state index contributed by atoms with van der Waals surface area (Å²) in [6.45, 7) is 0. The van der Waals surface area contributed by atoms with Crippen molar-refractivity contribution in [1.82, 2.24) is 14.5 Å². The Bertz CT molecular complexity index is 1710. The number of aromatic nitrogens is 3. The molecular weight excluding hydrogens is 463 g/mol. The van der Waals surface area contributed by atoms with Gasteiger partial charge in [0.05, 0.1) is 16.6 Å². The molecule has 0 unspecified atom stereocenters. The van der Waals surface area contributed by atoms with Crippen molar-refractivity contribution in [3.8, 4) is 28.6 Å². The molecule has 0 saturated heterocycles. The van der Waals surface area contributed by atoms with Crippen molar-refractivity contribution >= 4 is 21.8 Å². The number of benzene rings is 3. The zero-order chi connectivity index (χ0) is 24.7. The molecule has 0 aliphatic rings. The maximum Gasteiger partial charge on any atom is 0.416 e. The number of para-hydroxylation sites is 1. The summed E-state index contributed by atoms with van der Waals surface area (Å²) < 4.78 is 47.0. The quantitative estimate of drug-likeness (QED) is 0.256. The van der Waals surface area contributed by atoms with E-state index >= 15 is 0 Å². The molecule has 0 amide bonds. The number of fused-ring (bicyclic) bond motifs is 3. The van der Waals surface area contributed by atoms with Crippen molar-refractivity contribution in [2.24, 2.45) is 0 Å². The SMILES string of the molecule is FC(F)(F)c1ccnc(Oc2cccc(-c3ccc4c5ccccc5n(-c5ccccn5)c4c3)c2)c1. The Hall–Kier alpha value is -4.65. The van der Waals surface area contributed by atoms with E-state index in [0.717, 1.165) is 57.1 Å². The lowest BCUT2D eigenvalue weighted by molar-refractivity contribution is -0.137. The summed E-state index contributed by atoms with van der Waals surface area (Å²) in [7, 11) is 0. The molecule has 6 aromatic rings. The molecule has 3 aromatic heterocycles. The summed E-state index contributed by atoms with van der Waals surface area (Å²) in [5.74, 6) is 1.09. The molecule has 0 saturated carbocycles. The molecule has 176 valence electrons. The second-order valence-electron chi connectivity index (χ2n) is 8.28. The van der Waals surface area contributed by atoms with Gasteiger partial charge in [-0.2, -0.15) is 13.2 Å². The van der Waals surface area contributed by atoms with Crippen molar-refractivity contribution in [2.45, 2.75) is 6.18 Å². The first-order valence-corrected chi connectivity index (χ1v) is 11.2. The Balaban J connectivity index is 1.43. The number of hydrogen-bond donors (Lipinski definition) is 0. The minimum Gasteiger partial charge on any atom is -0.439 e. The first-order valence-electron chi connectivity index (χ1n) is 11.2. The molecule has 4 nitrogen and oxygen atoms in total. The molecule has 7 heteroatoms. The highest BCUT2D eigenvalue weighted by atomic mass is 19.4. The second kappa shape index (κ2) is 8.53. The summed E-state index contributed by atoms with van der Waals surface area (Å²) in [5, 5.41) is 2.22. The normalized spacial score (nSPS) is 11.8. The van der Waals surface area contributed by atoms with Gasteiger partial charge in [-0.1, -0.05) is 48.5 Å². The molecular formula is C29H18F3N3O. The largest absolute Gasteiger partial charge is 0.439 e. The third-order valence-electron chi connectivity index (χ3n) is 6.00. The van der Waals surface area contributed by atoms with Crippen LogP contribution in [0.1, 0.15) is 5.56 Å². The van der Waals surface area contributed by atoms with E-state index < -0.39 is 11.7 Å². The van der Waals surface area contributed by atoms with Crippen LogP contribution in [0, 0.1) is 0 Å². The van der Waals surface area contributed by atoms with Gasteiger partial charge < -0.3 is 4.74 Å². The van der Waals surface area contributed by atoms with Crippen LogP contribution >= 0.6 is 0 Å². The van der Waals surface area contributed by atoms with Crippen LogP contribution in [0.3, 0.4) is 0 Å². The molecule has 6 rings (SSSR count). The number of ether oxygens (including phenoxy) is 1. The standard InChI is InChI=1S/C29H18F3N3O/c30-29(31,32)21-13-15-34-28(18-21)36-22-7-5-6-19(16-22)20-11-12-24-23-8-1-2-9-25(23)35(26(24)17-20)27-10-3-4-14-33-27/h1-18H. The lowest BCUT2D eigenvalue weighted by Crippen LogP contribution is -2.05. The van der Waals surface area contributed by atoms with Crippen LogP contribution < -0.4 is 4.74 Å². The van der Waals surface area contributed by atoms with Crippen LogP contribution in [-0.2, 0) is 6.18 Å². The fourth-order valence-electron chi connectivity index (χ4n) is 4.38. The van der Waals surface area contributed by atoms with E-state index in [0.29, 0.717) is 5.75 Å². The predicted octanol–water partition coefficient (Wildman–Crippen LogP) is 8.05. The van der Waals surface area contributed by atoms with Crippen molar-refractivity contribution < 1.29 is 17.9 Å². The third-order valence-corrected chi connectivity index (χ3v) is 6.00. The van der Waals surface area contributed by atoms with Gasteiger partial charge in [0.2, 0.25) is 5.88 Å². The average Bonchev–Trinajstić information content (AvgIpc) is 3.23. The first kappa shape index (κ1) is 21.9. The predicted molar refractivity (Wildman–Crippen MR) is 133 cm³/mol. The molecule has 3 aromatic carbocycles. The van der Waals surface area contributed by atoms with Crippen LogP contribution in [0.25, 0.3) is 38.8 Å². The maximum atomic E-state index is 13.1. The van der Waals surface area contributed by atoms with Gasteiger partial charge in [-0.3, -0.25) is 4.57 Å². The first-order chi connectivity index (χ1) is 17.5. The van der Waals surface area contributed by atoms with Crippen molar-refractivity contribution in [2.75, 3.05) is 0 Å². The van der Waals surface area contributed by atoms with E-state index in [1.807, 2.05) is 42.5 Å². The van der Waals surface area contributed by atoms with Crippen molar-refractivity contribution in [1.29, 1.82) is 0 Å². The smallest absolute Gasteiger partial charge is 0.416 e. The Kier molecular flexibility index (Phi) is 5.18. The summed E-state index contributed by atoms with van der Waals surface area (Å²) in [4.78, 5) is 8.49. The highest BCUT2D eigenvalue weighted by Crippen LogP contribution is 2.36. The number of hydrogen-bond acceptors (Lipinski definition) is 3. The lowest BCUT2D eigenvalue weighted by atomic mass is 10.0. The highest BCUT2D eigenvalue weighted by molar-refractivity contribution is 6.10. The molecule has 0 radical (unpaired) electrons. The molecule has 0 atom stereocenters. The monoisotopic (exact) mass is 481 g/mol.